The minimum atomic E-state index is -0.820. The van der Waals surface area contributed by atoms with Gasteiger partial charge >= 0.3 is 0 Å². The van der Waals surface area contributed by atoms with Gasteiger partial charge < -0.3 is 16.2 Å². The van der Waals surface area contributed by atoms with Gasteiger partial charge in [-0.25, -0.2) is 9.89 Å². The molecule has 0 radical (unpaired) electrons. The summed E-state index contributed by atoms with van der Waals surface area (Å²) in [6, 6.07) is 14.2. The SMILES string of the molecule is CC1(C)Nc2ccc(Br)cc2[C@H](N=C(N)N(C#N)c2ccccc2)[C@H]1O. The second-order valence-electron chi connectivity index (χ2n) is 6.73. The molecule has 2 aromatic rings. The van der Waals surface area contributed by atoms with Gasteiger partial charge in [0.25, 0.3) is 0 Å². The Kier molecular flexibility index (Phi) is 4.90. The van der Waals surface area contributed by atoms with Gasteiger partial charge in [-0.1, -0.05) is 34.1 Å². The van der Waals surface area contributed by atoms with Crippen LogP contribution in [0.5, 0.6) is 0 Å². The number of rotatable bonds is 2. The summed E-state index contributed by atoms with van der Waals surface area (Å²) >= 11 is 3.46. The number of aliphatic hydroxyl groups excluding tert-OH is 1. The Hall–Kier alpha value is -2.56. The standard InChI is InChI=1S/C19H20BrN5O/c1-19(2)17(26)16(14-10-12(20)8-9-15(14)24-19)23-18(22)25(11-21)13-6-4-3-5-7-13/h3-10,16-17,24,26H,1-2H3,(H2,22,23)/t16-,17+/m0/s1. The van der Waals surface area contributed by atoms with E-state index in [1.54, 1.807) is 12.1 Å². The molecule has 1 aliphatic rings. The molecule has 0 amide bonds. The first-order valence-corrected chi connectivity index (χ1v) is 8.96. The fraction of sp³-hybridized carbons (Fsp3) is 0.263. The summed E-state index contributed by atoms with van der Waals surface area (Å²) in [6.45, 7) is 3.81. The predicted octanol–water partition coefficient (Wildman–Crippen LogP) is 3.36. The third kappa shape index (κ3) is 3.39. The van der Waals surface area contributed by atoms with E-state index < -0.39 is 17.7 Å². The minimum absolute atomic E-state index is 0.0337. The normalized spacial score (nSPS) is 21.3. The fourth-order valence-corrected chi connectivity index (χ4v) is 3.42. The van der Waals surface area contributed by atoms with Gasteiger partial charge in [0.1, 0.15) is 12.1 Å². The topological polar surface area (TPSA) is 97.7 Å². The highest BCUT2D eigenvalue weighted by atomic mass is 79.9. The van der Waals surface area contributed by atoms with Gasteiger partial charge in [-0.15, -0.1) is 0 Å². The molecule has 134 valence electrons. The number of aliphatic imine (C=N–C) groups is 1. The summed E-state index contributed by atoms with van der Waals surface area (Å²) in [7, 11) is 0. The second-order valence-corrected chi connectivity index (χ2v) is 7.64. The summed E-state index contributed by atoms with van der Waals surface area (Å²) in [5.74, 6) is 0.0337. The summed E-state index contributed by atoms with van der Waals surface area (Å²) in [6.07, 6.45) is 1.23. The molecule has 0 saturated carbocycles. The van der Waals surface area contributed by atoms with Crippen LogP contribution in [0.15, 0.2) is 58.0 Å². The number of guanidine groups is 1. The highest BCUT2D eigenvalue weighted by Crippen LogP contribution is 2.41. The van der Waals surface area contributed by atoms with E-state index in [4.69, 9.17) is 5.73 Å². The Balaban J connectivity index is 2.05. The number of nitrogens with zero attached hydrogens (tertiary/aromatic N) is 3. The first-order valence-electron chi connectivity index (χ1n) is 8.17. The lowest BCUT2D eigenvalue weighted by atomic mass is 9.83. The first-order chi connectivity index (χ1) is 12.3. The lowest BCUT2D eigenvalue weighted by Gasteiger charge is -2.42. The maximum atomic E-state index is 10.9. The molecule has 1 aliphatic heterocycles. The molecule has 0 fully saturated rings. The van der Waals surface area contributed by atoms with E-state index in [1.807, 2.05) is 56.4 Å². The van der Waals surface area contributed by atoms with E-state index in [0.29, 0.717) is 5.69 Å². The number of para-hydroxylation sites is 1. The largest absolute Gasteiger partial charge is 0.388 e. The van der Waals surface area contributed by atoms with Gasteiger partial charge in [0.05, 0.1) is 11.2 Å². The molecule has 26 heavy (non-hydrogen) atoms. The number of aliphatic hydroxyl groups is 1. The zero-order chi connectivity index (χ0) is 18.9. The van der Waals surface area contributed by atoms with Crippen molar-refractivity contribution < 1.29 is 5.11 Å². The van der Waals surface area contributed by atoms with Crippen LogP contribution in [0, 0.1) is 11.5 Å². The van der Waals surface area contributed by atoms with Crippen LogP contribution in [0.25, 0.3) is 0 Å². The molecule has 0 bridgehead atoms. The van der Waals surface area contributed by atoms with Crippen LogP contribution in [0.3, 0.4) is 0 Å². The van der Waals surface area contributed by atoms with Gasteiger partial charge in [0.15, 0.2) is 6.19 Å². The van der Waals surface area contributed by atoms with Gasteiger partial charge in [0, 0.05) is 15.7 Å². The summed E-state index contributed by atoms with van der Waals surface area (Å²) < 4.78 is 0.879. The highest BCUT2D eigenvalue weighted by molar-refractivity contribution is 9.10. The molecule has 1 heterocycles. The molecule has 4 N–H and O–H groups in total. The molecule has 2 atom stereocenters. The maximum Gasteiger partial charge on any atom is 0.210 e. The number of fused-ring (bicyclic) bond motifs is 1. The Morgan fingerprint density at radius 2 is 2.00 bits per heavy atom. The van der Waals surface area contributed by atoms with Crippen LogP contribution < -0.4 is 16.0 Å². The number of nitriles is 1. The quantitative estimate of drug-likeness (QED) is 0.303. The number of anilines is 2. The summed E-state index contributed by atoms with van der Waals surface area (Å²) in [4.78, 5) is 5.78. The monoisotopic (exact) mass is 413 g/mol. The lowest BCUT2D eigenvalue weighted by molar-refractivity contribution is 0.0837. The number of benzene rings is 2. The number of nitrogens with two attached hydrogens (primary N) is 1. The van der Waals surface area contributed by atoms with E-state index in [-0.39, 0.29) is 5.96 Å². The van der Waals surface area contributed by atoms with Crippen molar-refractivity contribution in [2.75, 3.05) is 10.2 Å². The number of hydrogen-bond donors (Lipinski definition) is 3. The Bertz CT molecular complexity index is 875. The lowest BCUT2D eigenvalue weighted by Crippen LogP contribution is -2.50. The molecule has 0 spiro atoms. The minimum Gasteiger partial charge on any atom is -0.388 e. The van der Waals surface area contributed by atoms with Crippen molar-refractivity contribution >= 4 is 33.3 Å². The molecule has 0 unspecified atom stereocenters. The van der Waals surface area contributed by atoms with E-state index in [1.165, 1.54) is 4.90 Å². The smallest absolute Gasteiger partial charge is 0.210 e. The van der Waals surface area contributed by atoms with Crippen molar-refractivity contribution in [3.8, 4) is 6.19 Å². The van der Waals surface area contributed by atoms with Crippen LogP contribution in [0.2, 0.25) is 0 Å². The number of halogens is 1. The van der Waals surface area contributed by atoms with Crippen LogP contribution >= 0.6 is 15.9 Å². The average molecular weight is 414 g/mol. The van der Waals surface area contributed by atoms with Gasteiger partial charge in [-0.3, -0.25) is 0 Å². The Morgan fingerprint density at radius 1 is 1.31 bits per heavy atom. The second kappa shape index (κ2) is 6.98. The van der Waals surface area contributed by atoms with Crippen molar-refractivity contribution in [2.45, 2.75) is 31.5 Å². The van der Waals surface area contributed by atoms with Crippen LogP contribution in [-0.4, -0.2) is 22.7 Å². The molecular formula is C19H20BrN5O. The van der Waals surface area contributed by atoms with Crippen LogP contribution in [-0.2, 0) is 0 Å². The van der Waals surface area contributed by atoms with Gasteiger partial charge in [-0.05, 0) is 44.2 Å². The Morgan fingerprint density at radius 3 is 2.65 bits per heavy atom. The van der Waals surface area contributed by atoms with E-state index in [2.05, 4.69) is 26.2 Å². The third-order valence-electron chi connectivity index (χ3n) is 4.44. The Labute approximate surface area is 161 Å². The average Bonchev–Trinajstić information content (AvgIpc) is 2.61. The van der Waals surface area contributed by atoms with Crippen molar-refractivity contribution in [3.63, 3.8) is 0 Å². The molecule has 6 nitrogen and oxygen atoms in total. The van der Waals surface area contributed by atoms with E-state index in [9.17, 15) is 10.4 Å². The zero-order valence-electron chi connectivity index (χ0n) is 14.5. The summed E-state index contributed by atoms with van der Waals surface area (Å²) in [5, 5.41) is 23.7. The van der Waals surface area contributed by atoms with Crippen LogP contribution in [0.1, 0.15) is 25.5 Å². The molecule has 3 rings (SSSR count). The first kappa shape index (κ1) is 18.2. The maximum absolute atomic E-state index is 10.9. The predicted molar refractivity (Wildman–Crippen MR) is 107 cm³/mol. The summed E-state index contributed by atoms with van der Waals surface area (Å²) in [5.41, 5.74) is 7.87. The molecule has 2 aromatic carbocycles. The molecule has 0 aliphatic carbocycles. The molecule has 0 saturated heterocycles. The number of nitrogens with one attached hydrogen (secondary N) is 1. The van der Waals surface area contributed by atoms with Crippen molar-refractivity contribution in [1.82, 2.24) is 0 Å². The third-order valence-corrected chi connectivity index (χ3v) is 4.94. The number of hydrogen-bond acceptors (Lipinski definition) is 4. The van der Waals surface area contributed by atoms with Crippen molar-refractivity contribution in [2.24, 2.45) is 10.7 Å². The van der Waals surface area contributed by atoms with Gasteiger partial charge in [-0.2, -0.15) is 5.26 Å². The zero-order valence-corrected chi connectivity index (χ0v) is 16.1. The highest BCUT2D eigenvalue weighted by Gasteiger charge is 2.41. The molecule has 7 heteroatoms. The molecule has 0 aromatic heterocycles. The van der Waals surface area contributed by atoms with Crippen molar-refractivity contribution in [1.29, 1.82) is 5.26 Å². The van der Waals surface area contributed by atoms with E-state index in [0.717, 1.165) is 15.7 Å². The van der Waals surface area contributed by atoms with Crippen molar-refractivity contribution in [3.05, 3.63) is 58.6 Å². The molecular weight excluding hydrogens is 394 g/mol. The van der Waals surface area contributed by atoms with Crippen LogP contribution in [0.4, 0.5) is 11.4 Å². The van der Waals surface area contributed by atoms with E-state index >= 15 is 0 Å². The fourth-order valence-electron chi connectivity index (χ4n) is 3.04. The van der Waals surface area contributed by atoms with Gasteiger partial charge in [0.2, 0.25) is 5.96 Å².